The largest absolute Gasteiger partial charge is 0.481 e. The van der Waals surface area contributed by atoms with Crippen molar-refractivity contribution in [3.05, 3.63) is 42.2 Å². The third-order valence-electron chi connectivity index (χ3n) is 2.91. The topological polar surface area (TPSA) is 80.6 Å². The van der Waals surface area contributed by atoms with Crippen LogP contribution in [0.4, 0.5) is 0 Å². The first kappa shape index (κ1) is 11.5. The summed E-state index contributed by atoms with van der Waals surface area (Å²) in [7, 11) is 0. The molecule has 19 heavy (non-hydrogen) atoms. The normalized spacial score (nSPS) is 11.0. The number of furan rings is 1. The van der Waals surface area contributed by atoms with Gasteiger partial charge >= 0.3 is 5.97 Å². The summed E-state index contributed by atoms with van der Waals surface area (Å²) in [6, 6.07) is 5.37. The summed E-state index contributed by atoms with van der Waals surface area (Å²) in [5, 5.41) is 8.90. The summed E-state index contributed by atoms with van der Waals surface area (Å²) in [6.45, 7) is 1.79. The number of hydrogen-bond donors (Lipinski definition) is 1. The number of aromatic nitrogens is 3. The Morgan fingerprint density at radius 2 is 2.37 bits per heavy atom. The quantitative estimate of drug-likeness (QED) is 0.775. The van der Waals surface area contributed by atoms with Crippen molar-refractivity contribution in [1.29, 1.82) is 0 Å². The number of carboxylic acid groups (broad SMARTS) is 1. The molecule has 0 saturated carbocycles. The molecule has 0 aliphatic carbocycles. The second kappa shape index (κ2) is 4.24. The van der Waals surface area contributed by atoms with Crippen molar-refractivity contribution in [1.82, 2.24) is 14.4 Å². The minimum absolute atomic E-state index is 0.0746. The van der Waals surface area contributed by atoms with Gasteiger partial charge in [0.1, 0.15) is 17.7 Å². The smallest absolute Gasteiger partial charge is 0.309 e. The summed E-state index contributed by atoms with van der Waals surface area (Å²) in [5.74, 6) is -0.233. The van der Waals surface area contributed by atoms with E-state index in [2.05, 4.69) is 9.97 Å². The van der Waals surface area contributed by atoms with Gasteiger partial charge in [-0.25, -0.2) is 9.97 Å². The Morgan fingerprint density at radius 1 is 1.53 bits per heavy atom. The molecule has 0 fully saturated rings. The molecule has 3 heterocycles. The number of aryl methyl sites for hydroxylation is 1. The van der Waals surface area contributed by atoms with Crippen LogP contribution in [0.25, 0.3) is 17.1 Å². The highest BCUT2D eigenvalue weighted by Gasteiger charge is 2.13. The van der Waals surface area contributed by atoms with E-state index in [0.717, 1.165) is 0 Å². The van der Waals surface area contributed by atoms with Crippen molar-refractivity contribution in [3.63, 3.8) is 0 Å². The molecule has 3 aromatic heterocycles. The third-order valence-corrected chi connectivity index (χ3v) is 2.91. The van der Waals surface area contributed by atoms with Crippen LogP contribution in [-0.2, 0) is 11.2 Å². The molecule has 1 N–H and O–H groups in total. The monoisotopic (exact) mass is 257 g/mol. The average molecular weight is 257 g/mol. The number of hydrogen-bond acceptors (Lipinski definition) is 4. The summed E-state index contributed by atoms with van der Waals surface area (Å²) < 4.78 is 6.97. The zero-order valence-electron chi connectivity index (χ0n) is 10.2. The van der Waals surface area contributed by atoms with Crippen molar-refractivity contribution < 1.29 is 14.3 Å². The number of nitrogens with zero attached hydrogens (tertiary/aromatic N) is 3. The van der Waals surface area contributed by atoms with Crippen molar-refractivity contribution in [2.24, 2.45) is 0 Å². The van der Waals surface area contributed by atoms with Gasteiger partial charge in [0.25, 0.3) is 0 Å². The van der Waals surface area contributed by atoms with E-state index in [-0.39, 0.29) is 6.42 Å². The summed E-state index contributed by atoms with van der Waals surface area (Å²) >= 11 is 0. The highest BCUT2D eigenvalue weighted by Crippen LogP contribution is 2.20. The Labute approximate surface area is 108 Å². The molecular formula is C13H11N3O3. The molecule has 3 rings (SSSR count). The Bertz CT molecular complexity index is 744. The second-order valence-electron chi connectivity index (χ2n) is 4.19. The maximum Gasteiger partial charge on any atom is 0.309 e. The van der Waals surface area contributed by atoms with E-state index in [1.54, 1.807) is 36.0 Å². The number of carbonyl (C=O) groups is 1. The minimum atomic E-state index is -0.889. The highest BCUT2D eigenvalue weighted by molar-refractivity contribution is 5.71. The van der Waals surface area contributed by atoms with Crippen LogP contribution in [0.1, 0.15) is 11.4 Å². The molecule has 0 atom stereocenters. The lowest BCUT2D eigenvalue weighted by Gasteiger charge is -2.00. The van der Waals surface area contributed by atoms with Crippen LogP contribution in [0.15, 0.2) is 35.2 Å². The van der Waals surface area contributed by atoms with Crippen LogP contribution < -0.4 is 0 Å². The number of rotatable bonds is 3. The summed E-state index contributed by atoms with van der Waals surface area (Å²) in [6.07, 6.45) is 3.08. The summed E-state index contributed by atoms with van der Waals surface area (Å²) in [4.78, 5) is 19.5. The fraction of sp³-hybridized carbons (Fsp3) is 0.154. The van der Waals surface area contributed by atoms with Crippen molar-refractivity contribution >= 4 is 11.6 Å². The maximum absolute atomic E-state index is 10.8. The van der Waals surface area contributed by atoms with Gasteiger partial charge in [-0.05, 0) is 19.1 Å². The predicted molar refractivity (Wildman–Crippen MR) is 66.8 cm³/mol. The molecule has 6 heteroatoms. The Hall–Kier alpha value is -2.63. The zero-order valence-corrected chi connectivity index (χ0v) is 10.2. The fourth-order valence-electron chi connectivity index (χ4n) is 2.03. The van der Waals surface area contributed by atoms with Crippen LogP contribution in [0, 0.1) is 6.92 Å². The van der Waals surface area contributed by atoms with Crippen molar-refractivity contribution in [2.45, 2.75) is 13.3 Å². The van der Waals surface area contributed by atoms with Gasteiger partial charge in [-0.3, -0.25) is 9.20 Å². The molecule has 0 radical (unpaired) electrons. The van der Waals surface area contributed by atoms with Gasteiger partial charge in [0.05, 0.1) is 24.1 Å². The molecule has 0 aromatic carbocycles. The predicted octanol–water partition coefficient (Wildman–Crippen LogP) is 1.92. The molecular weight excluding hydrogens is 246 g/mol. The molecule has 0 bridgehead atoms. The molecule has 0 spiro atoms. The fourth-order valence-corrected chi connectivity index (χ4v) is 2.03. The van der Waals surface area contributed by atoms with E-state index < -0.39 is 5.97 Å². The molecule has 3 aromatic rings. The van der Waals surface area contributed by atoms with Gasteiger partial charge in [0, 0.05) is 6.07 Å². The van der Waals surface area contributed by atoms with E-state index >= 15 is 0 Å². The van der Waals surface area contributed by atoms with Crippen LogP contribution >= 0.6 is 0 Å². The lowest BCUT2D eigenvalue weighted by atomic mass is 10.2. The zero-order chi connectivity index (χ0) is 13.4. The first-order chi connectivity index (χ1) is 9.15. The maximum atomic E-state index is 10.8. The Kier molecular flexibility index (Phi) is 2.56. The standard InChI is InChI=1S/C13H11N3O3/c1-8-10(6-13(17)18)16-7-14-9(5-12(16)15-8)11-3-2-4-19-11/h2-5,7H,6H2,1H3,(H,17,18). The van der Waals surface area contributed by atoms with E-state index in [1.807, 2.05) is 6.07 Å². The average Bonchev–Trinajstić information content (AvgIpc) is 2.97. The molecule has 6 nitrogen and oxygen atoms in total. The molecule has 0 unspecified atom stereocenters. The SMILES string of the molecule is Cc1nc2cc(-c3ccco3)ncn2c1CC(=O)O. The second-order valence-corrected chi connectivity index (χ2v) is 4.19. The first-order valence-electron chi connectivity index (χ1n) is 5.74. The number of carboxylic acids is 1. The van der Waals surface area contributed by atoms with E-state index in [1.165, 1.54) is 0 Å². The number of imidazole rings is 1. The van der Waals surface area contributed by atoms with Crippen molar-refractivity contribution in [3.8, 4) is 11.5 Å². The number of aliphatic carboxylic acids is 1. The lowest BCUT2D eigenvalue weighted by molar-refractivity contribution is -0.136. The molecule has 96 valence electrons. The van der Waals surface area contributed by atoms with E-state index in [9.17, 15) is 4.79 Å². The molecule has 0 saturated heterocycles. The summed E-state index contributed by atoms with van der Waals surface area (Å²) in [5.41, 5.74) is 2.67. The van der Waals surface area contributed by atoms with Crippen molar-refractivity contribution in [2.75, 3.05) is 0 Å². The van der Waals surface area contributed by atoms with Gasteiger partial charge in [-0.1, -0.05) is 0 Å². The lowest BCUT2D eigenvalue weighted by Crippen LogP contribution is -2.05. The highest BCUT2D eigenvalue weighted by atomic mass is 16.4. The molecule has 0 aliphatic heterocycles. The Balaban J connectivity index is 2.13. The van der Waals surface area contributed by atoms with Gasteiger partial charge in [0.15, 0.2) is 5.76 Å². The van der Waals surface area contributed by atoms with Gasteiger partial charge < -0.3 is 9.52 Å². The van der Waals surface area contributed by atoms with E-state index in [4.69, 9.17) is 9.52 Å². The van der Waals surface area contributed by atoms with Gasteiger partial charge in [-0.2, -0.15) is 0 Å². The van der Waals surface area contributed by atoms with Gasteiger partial charge in [-0.15, -0.1) is 0 Å². The first-order valence-corrected chi connectivity index (χ1v) is 5.74. The van der Waals surface area contributed by atoms with Gasteiger partial charge in [0.2, 0.25) is 0 Å². The van der Waals surface area contributed by atoms with Crippen LogP contribution in [0.3, 0.4) is 0 Å². The van der Waals surface area contributed by atoms with Crippen LogP contribution in [0.5, 0.6) is 0 Å². The van der Waals surface area contributed by atoms with Crippen LogP contribution in [-0.4, -0.2) is 25.4 Å². The van der Waals surface area contributed by atoms with Crippen LogP contribution in [0.2, 0.25) is 0 Å². The molecule has 0 amide bonds. The Morgan fingerprint density at radius 3 is 3.05 bits per heavy atom. The van der Waals surface area contributed by atoms with E-state index in [0.29, 0.717) is 28.5 Å². The molecule has 0 aliphatic rings. The minimum Gasteiger partial charge on any atom is -0.481 e. The number of fused-ring (bicyclic) bond motifs is 1. The third kappa shape index (κ3) is 1.97.